The van der Waals surface area contributed by atoms with Gasteiger partial charge in [0.25, 0.3) is 0 Å². The van der Waals surface area contributed by atoms with Gasteiger partial charge in [0.1, 0.15) is 0 Å². The third-order valence-corrected chi connectivity index (χ3v) is 1.72. The molecule has 2 amide bonds. The van der Waals surface area contributed by atoms with Gasteiger partial charge in [-0.2, -0.15) is 0 Å². The molecule has 2 rings (SSSR count). The van der Waals surface area contributed by atoms with Crippen LogP contribution in [0.5, 0.6) is 0 Å². The van der Waals surface area contributed by atoms with E-state index in [4.69, 9.17) is 0 Å². The Labute approximate surface area is 53.0 Å². The van der Waals surface area contributed by atoms with Crippen LogP contribution < -0.4 is 16.0 Å². The van der Waals surface area contributed by atoms with Gasteiger partial charge in [-0.1, -0.05) is 0 Å². The average molecular weight is 127 g/mol. The van der Waals surface area contributed by atoms with Crippen LogP contribution in [-0.4, -0.2) is 31.2 Å². The fraction of sp³-hybridized carbons (Fsp3) is 0.800. The molecule has 2 heterocycles. The Kier molecular flexibility index (Phi) is 0.900. The van der Waals surface area contributed by atoms with Gasteiger partial charge in [0.05, 0.1) is 6.04 Å². The lowest BCUT2D eigenvalue weighted by molar-refractivity contribution is 0.247. The van der Waals surface area contributed by atoms with Crippen LogP contribution >= 0.6 is 0 Å². The van der Waals surface area contributed by atoms with Crippen LogP contribution in [0.25, 0.3) is 0 Å². The summed E-state index contributed by atoms with van der Waals surface area (Å²) in [5.41, 5.74) is 0. The average Bonchev–Trinajstić information content (AvgIpc) is 2.58. The Morgan fingerprint density at radius 1 is 1.33 bits per heavy atom. The van der Waals surface area contributed by atoms with E-state index >= 15 is 0 Å². The number of hydrogen-bond acceptors (Lipinski definition) is 2. The van der Waals surface area contributed by atoms with Crippen LogP contribution in [0.2, 0.25) is 0 Å². The summed E-state index contributed by atoms with van der Waals surface area (Å²) in [6, 6.07) is 0.829. The molecular formula is C5H9N3O. The maximum absolute atomic E-state index is 10.5. The Morgan fingerprint density at radius 3 is 2.56 bits per heavy atom. The zero-order chi connectivity index (χ0) is 6.27. The van der Waals surface area contributed by atoms with Crippen molar-refractivity contribution >= 4 is 6.03 Å². The lowest BCUT2D eigenvalue weighted by Gasteiger charge is -2.01. The Hall–Kier alpha value is -0.770. The molecule has 0 saturated carbocycles. The van der Waals surface area contributed by atoms with Crippen molar-refractivity contribution in [2.45, 2.75) is 12.1 Å². The number of carbonyl (C=O) groups excluding carboxylic acids is 1. The maximum Gasteiger partial charge on any atom is 0.315 e. The summed E-state index contributed by atoms with van der Waals surface area (Å²) in [6.45, 7) is 1.82. The molecule has 0 aliphatic carbocycles. The van der Waals surface area contributed by atoms with Gasteiger partial charge in [-0.25, -0.2) is 4.79 Å². The third-order valence-electron chi connectivity index (χ3n) is 1.72. The summed E-state index contributed by atoms with van der Waals surface area (Å²) in [5, 5.41) is 8.65. The molecule has 2 aliphatic heterocycles. The minimum absolute atomic E-state index is 0.0336. The van der Waals surface area contributed by atoms with Crippen molar-refractivity contribution in [3.05, 3.63) is 0 Å². The smallest absolute Gasteiger partial charge is 0.315 e. The van der Waals surface area contributed by atoms with Gasteiger partial charge in [0.2, 0.25) is 0 Å². The number of hydrogen-bond donors (Lipinski definition) is 3. The molecule has 9 heavy (non-hydrogen) atoms. The van der Waals surface area contributed by atoms with Gasteiger partial charge < -0.3 is 16.0 Å². The summed E-state index contributed by atoms with van der Waals surface area (Å²) in [4.78, 5) is 10.5. The summed E-state index contributed by atoms with van der Waals surface area (Å²) >= 11 is 0. The maximum atomic E-state index is 10.5. The monoisotopic (exact) mass is 127 g/mol. The molecule has 2 fully saturated rings. The molecule has 50 valence electrons. The number of carbonyl (C=O) groups is 1. The molecule has 4 nitrogen and oxygen atoms in total. The topological polar surface area (TPSA) is 63.1 Å². The van der Waals surface area contributed by atoms with E-state index in [0.717, 1.165) is 13.1 Å². The van der Waals surface area contributed by atoms with Gasteiger partial charge in [-0.3, -0.25) is 0 Å². The Balaban J connectivity index is 1.92. The highest BCUT2D eigenvalue weighted by Crippen LogP contribution is 2.05. The van der Waals surface area contributed by atoms with Crippen molar-refractivity contribution in [2.24, 2.45) is 0 Å². The van der Waals surface area contributed by atoms with Crippen LogP contribution in [0.1, 0.15) is 0 Å². The second kappa shape index (κ2) is 1.60. The van der Waals surface area contributed by atoms with Crippen LogP contribution in [-0.2, 0) is 0 Å². The summed E-state index contributed by atoms with van der Waals surface area (Å²) < 4.78 is 0. The first-order valence-corrected chi connectivity index (χ1v) is 3.14. The molecule has 0 bridgehead atoms. The van der Waals surface area contributed by atoms with E-state index in [-0.39, 0.29) is 6.03 Å². The van der Waals surface area contributed by atoms with Gasteiger partial charge in [-0.05, 0) is 0 Å². The highest BCUT2D eigenvalue weighted by atomic mass is 16.2. The van der Waals surface area contributed by atoms with E-state index in [1.165, 1.54) is 0 Å². The Bertz CT molecular complexity index is 143. The second-order valence-corrected chi connectivity index (χ2v) is 2.48. The van der Waals surface area contributed by atoms with Crippen molar-refractivity contribution in [3.8, 4) is 0 Å². The van der Waals surface area contributed by atoms with E-state index in [2.05, 4.69) is 16.0 Å². The number of nitrogens with one attached hydrogen (secondary N) is 3. The largest absolute Gasteiger partial charge is 0.336 e. The van der Waals surface area contributed by atoms with Gasteiger partial charge >= 0.3 is 6.03 Å². The quantitative estimate of drug-likeness (QED) is 0.381. The first-order chi connectivity index (χ1) is 4.36. The van der Waals surface area contributed by atoms with Crippen LogP contribution in [0.15, 0.2) is 0 Å². The predicted molar refractivity (Wildman–Crippen MR) is 32.1 cm³/mol. The summed E-state index contributed by atoms with van der Waals surface area (Å²) in [6.07, 6.45) is 0. The molecule has 4 heteroatoms. The number of amides is 2. The zero-order valence-corrected chi connectivity index (χ0v) is 4.98. The van der Waals surface area contributed by atoms with E-state index < -0.39 is 0 Å². The molecule has 2 saturated heterocycles. The molecule has 0 aromatic carbocycles. The normalized spacial score (nSPS) is 39.8. The molecule has 3 N–H and O–H groups in total. The highest BCUT2D eigenvalue weighted by molar-refractivity contribution is 5.76. The lowest BCUT2D eigenvalue weighted by atomic mass is 10.2. The van der Waals surface area contributed by atoms with Gasteiger partial charge in [0.15, 0.2) is 0 Å². The fourth-order valence-electron chi connectivity index (χ4n) is 1.07. The van der Waals surface area contributed by atoms with Crippen molar-refractivity contribution in [1.82, 2.24) is 16.0 Å². The van der Waals surface area contributed by atoms with Crippen molar-refractivity contribution in [3.63, 3.8) is 0 Å². The minimum Gasteiger partial charge on any atom is -0.336 e. The van der Waals surface area contributed by atoms with Gasteiger partial charge in [0, 0.05) is 19.1 Å². The first-order valence-electron chi connectivity index (χ1n) is 3.14. The molecule has 0 radical (unpaired) electrons. The number of rotatable bonds is 1. The van der Waals surface area contributed by atoms with Crippen LogP contribution in [0.3, 0.4) is 0 Å². The molecule has 2 unspecified atom stereocenters. The van der Waals surface area contributed by atoms with Crippen molar-refractivity contribution in [1.29, 1.82) is 0 Å². The predicted octanol–water partition coefficient (Wildman–Crippen LogP) is -1.36. The Morgan fingerprint density at radius 2 is 2.11 bits per heavy atom. The zero-order valence-electron chi connectivity index (χ0n) is 4.98. The summed E-state index contributed by atoms with van der Waals surface area (Å²) in [7, 11) is 0. The summed E-state index contributed by atoms with van der Waals surface area (Å²) in [5.74, 6) is 0. The fourth-order valence-corrected chi connectivity index (χ4v) is 1.07. The van der Waals surface area contributed by atoms with E-state index in [1.54, 1.807) is 0 Å². The van der Waals surface area contributed by atoms with Crippen LogP contribution in [0.4, 0.5) is 4.79 Å². The highest BCUT2D eigenvalue weighted by Gasteiger charge is 2.34. The van der Waals surface area contributed by atoms with E-state index in [0.29, 0.717) is 12.1 Å². The first kappa shape index (κ1) is 5.05. The molecule has 2 atom stereocenters. The number of urea groups is 1. The van der Waals surface area contributed by atoms with E-state index in [1.807, 2.05) is 0 Å². The molecule has 0 aromatic heterocycles. The standard InChI is InChI=1S/C5H9N3O/c9-5-7-2-4(8-5)3-1-6-3/h3-4,6H,1-2H2,(H2,7,8,9). The van der Waals surface area contributed by atoms with Crippen molar-refractivity contribution < 1.29 is 4.79 Å². The third kappa shape index (κ3) is 0.853. The molecule has 2 aliphatic rings. The van der Waals surface area contributed by atoms with Crippen LogP contribution in [0, 0.1) is 0 Å². The molecule has 0 aromatic rings. The van der Waals surface area contributed by atoms with E-state index in [9.17, 15) is 4.79 Å². The van der Waals surface area contributed by atoms with Gasteiger partial charge in [-0.15, -0.1) is 0 Å². The molecular weight excluding hydrogens is 118 g/mol. The van der Waals surface area contributed by atoms with Crippen molar-refractivity contribution in [2.75, 3.05) is 13.1 Å². The molecule has 0 spiro atoms. The SMILES string of the molecule is O=C1NCC(C2CN2)N1. The second-order valence-electron chi connectivity index (χ2n) is 2.48. The minimum atomic E-state index is -0.0336. The lowest BCUT2D eigenvalue weighted by Crippen LogP contribution is -2.32.